The maximum atomic E-state index is 6.53. The molecule has 0 aliphatic carbocycles. The fraction of sp³-hybridized carbons (Fsp3) is 0. The molecule has 0 aliphatic rings. The zero-order valence-electron chi connectivity index (χ0n) is 26.7. The van der Waals surface area contributed by atoms with E-state index in [1.54, 1.807) is 0 Å². The average Bonchev–Trinajstić information content (AvgIpc) is 3.75. The Labute approximate surface area is 292 Å². The van der Waals surface area contributed by atoms with Gasteiger partial charge in [-0.1, -0.05) is 121 Å². The lowest BCUT2D eigenvalue weighted by Gasteiger charge is -2.08. The van der Waals surface area contributed by atoms with Crippen molar-refractivity contribution in [3.8, 4) is 56.4 Å². The third kappa shape index (κ3) is 4.95. The number of fused-ring (bicyclic) bond motifs is 6. The maximum Gasteiger partial charge on any atom is 0.164 e. The second kappa shape index (κ2) is 11.6. The molecule has 50 heavy (non-hydrogen) atoms. The minimum atomic E-state index is 0.603. The van der Waals surface area contributed by atoms with Crippen LogP contribution < -0.4 is 0 Å². The third-order valence-electron chi connectivity index (χ3n) is 9.34. The van der Waals surface area contributed by atoms with E-state index in [-0.39, 0.29) is 0 Å². The molecule has 10 rings (SSSR count). The topological polar surface area (TPSA) is 51.8 Å². The zero-order chi connectivity index (χ0) is 33.0. The van der Waals surface area contributed by atoms with Gasteiger partial charge in [-0.2, -0.15) is 0 Å². The minimum absolute atomic E-state index is 0.603. The molecular formula is C45H27N3OS. The van der Waals surface area contributed by atoms with E-state index in [2.05, 4.69) is 97.1 Å². The first-order valence-electron chi connectivity index (χ1n) is 16.6. The Morgan fingerprint density at radius 3 is 1.44 bits per heavy atom. The fourth-order valence-electron chi connectivity index (χ4n) is 6.82. The van der Waals surface area contributed by atoms with Gasteiger partial charge in [0, 0.05) is 47.6 Å². The number of aromatic nitrogens is 3. The lowest BCUT2D eigenvalue weighted by molar-refractivity contribution is 0.669. The van der Waals surface area contributed by atoms with E-state index in [1.165, 1.54) is 31.3 Å². The first-order chi connectivity index (χ1) is 24.7. The number of benzene rings is 7. The molecule has 0 fully saturated rings. The molecule has 0 N–H and O–H groups in total. The molecule has 5 heteroatoms. The summed E-state index contributed by atoms with van der Waals surface area (Å²) in [6.45, 7) is 0. The smallest absolute Gasteiger partial charge is 0.164 e. The molecule has 3 heterocycles. The number of hydrogen-bond donors (Lipinski definition) is 0. The molecule has 0 unspecified atom stereocenters. The van der Waals surface area contributed by atoms with Crippen molar-refractivity contribution in [2.45, 2.75) is 0 Å². The van der Waals surface area contributed by atoms with E-state index in [4.69, 9.17) is 19.4 Å². The van der Waals surface area contributed by atoms with Gasteiger partial charge in [-0.15, -0.1) is 11.3 Å². The summed E-state index contributed by atoms with van der Waals surface area (Å²) < 4.78 is 9.16. The highest BCUT2D eigenvalue weighted by molar-refractivity contribution is 7.25. The van der Waals surface area contributed by atoms with E-state index in [0.717, 1.165) is 49.8 Å². The molecule has 234 valence electrons. The number of hydrogen-bond acceptors (Lipinski definition) is 5. The zero-order valence-corrected chi connectivity index (χ0v) is 27.6. The second-order valence-corrected chi connectivity index (χ2v) is 13.5. The minimum Gasteiger partial charge on any atom is -0.456 e. The van der Waals surface area contributed by atoms with E-state index in [0.29, 0.717) is 17.5 Å². The van der Waals surface area contributed by atoms with Crippen LogP contribution in [0.25, 0.3) is 98.5 Å². The van der Waals surface area contributed by atoms with Crippen LogP contribution in [0, 0.1) is 0 Å². The molecule has 0 radical (unpaired) electrons. The average molecular weight is 658 g/mol. The third-order valence-corrected chi connectivity index (χ3v) is 10.5. The number of furan rings is 1. The molecule has 0 saturated heterocycles. The summed E-state index contributed by atoms with van der Waals surface area (Å²) in [6.07, 6.45) is 0. The van der Waals surface area contributed by atoms with Crippen LogP contribution in [0.4, 0.5) is 0 Å². The molecular weight excluding hydrogens is 631 g/mol. The monoisotopic (exact) mass is 657 g/mol. The summed E-state index contributed by atoms with van der Waals surface area (Å²) >= 11 is 1.85. The van der Waals surface area contributed by atoms with Gasteiger partial charge >= 0.3 is 0 Å². The summed E-state index contributed by atoms with van der Waals surface area (Å²) in [7, 11) is 0. The summed E-state index contributed by atoms with van der Waals surface area (Å²) in [5, 5.41) is 4.77. The molecule has 10 aromatic rings. The highest BCUT2D eigenvalue weighted by Crippen LogP contribution is 2.38. The predicted molar refractivity (Wildman–Crippen MR) is 207 cm³/mol. The SMILES string of the molecule is c1ccc(-c2nc(-c3ccccc3)nc(-c3ccc4c(c3)oc3cc(-c5cccc(-c6ccc7c(c6)sc6ccccc67)c5)ccc34)n2)cc1. The van der Waals surface area contributed by atoms with Crippen molar-refractivity contribution < 1.29 is 4.42 Å². The molecule has 7 aromatic carbocycles. The number of nitrogens with zero attached hydrogens (tertiary/aromatic N) is 3. The van der Waals surface area contributed by atoms with Crippen LogP contribution in [0.1, 0.15) is 0 Å². The molecule has 0 saturated carbocycles. The van der Waals surface area contributed by atoms with Crippen LogP contribution >= 0.6 is 11.3 Å². The number of rotatable bonds is 5. The quantitative estimate of drug-likeness (QED) is 0.185. The van der Waals surface area contributed by atoms with Gasteiger partial charge in [0.25, 0.3) is 0 Å². The van der Waals surface area contributed by atoms with Gasteiger partial charge in [-0.25, -0.2) is 15.0 Å². The van der Waals surface area contributed by atoms with Crippen molar-refractivity contribution >= 4 is 53.4 Å². The van der Waals surface area contributed by atoms with Crippen molar-refractivity contribution in [3.63, 3.8) is 0 Å². The Morgan fingerprint density at radius 2 is 0.780 bits per heavy atom. The molecule has 0 amide bonds. The first kappa shape index (κ1) is 28.6. The lowest BCUT2D eigenvalue weighted by Crippen LogP contribution is -2.00. The van der Waals surface area contributed by atoms with Crippen LogP contribution in [0.2, 0.25) is 0 Å². The second-order valence-electron chi connectivity index (χ2n) is 12.5. The lowest BCUT2D eigenvalue weighted by atomic mass is 9.97. The van der Waals surface area contributed by atoms with Gasteiger partial charge in [0.2, 0.25) is 0 Å². The Morgan fingerprint density at radius 1 is 0.320 bits per heavy atom. The van der Waals surface area contributed by atoms with Crippen molar-refractivity contribution in [1.29, 1.82) is 0 Å². The Hall–Kier alpha value is -6.43. The van der Waals surface area contributed by atoms with Gasteiger partial charge < -0.3 is 4.42 Å². The molecule has 0 atom stereocenters. The molecule has 4 nitrogen and oxygen atoms in total. The van der Waals surface area contributed by atoms with Crippen LogP contribution in [0.5, 0.6) is 0 Å². The summed E-state index contributed by atoms with van der Waals surface area (Å²) in [4.78, 5) is 14.7. The van der Waals surface area contributed by atoms with Crippen LogP contribution in [-0.4, -0.2) is 15.0 Å². The summed E-state index contributed by atoms with van der Waals surface area (Å²) in [5.74, 6) is 1.87. The highest BCUT2D eigenvalue weighted by atomic mass is 32.1. The maximum absolute atomic E-state index is 6.53. The van der Waals surface area contributed by atoms with Gasteiger partial charge in [0.05, 0.1) is 0 Å². The van der Waals surface area contributed by atoms with Gasteiger partial charge in [0.1, 0.15) is 11.2 Å². The van der Waals surface area contributed by atoms with E-state index in [1.807, 2.05) is 78.1 Å². The van der Waals surface area contributed by atoms with Crippen LogP contribution in [0.3, 0.4) is 0 Å². The van der Waals surface area contributed by atoms with Crippen LogP contribution in [-0.2, 0) is 0 Å². The van der Waals surface area contributed by atoms with E-state index < -0.39 is 0 Å². The van der Waals surface area contributed by atoms with Crippen molar-refractivity contribution in [2.75, 3.05) is 0 Å². The summed E-state index contributed by atoms with van der Waals surface area (Å²) in [5.41, 5.74) is 9.06. The molecule has 0 bridgehead atoms. The van der Waals surface area contributed by atoms with Crippen molar-refractivity contribution in [2.24, 2.45) is 0 Å². The normalized spacial score (nSPS) is 11.6. The molecule has 3 aromatic heterocycles. The van der Waals surface area contributed by atoms with E-state index in [9.17, 15) is 0 Å². The highest BCUT2D eigenvalue weighted by Gasteiger charge is 2.15. The Balaban J connectivity index is 1.02. The molecule has 0 aliphatic heterocycles. The van der Waals surface area contributed by atoms with Gasteiger partial charge in [-0.3, -0.25) is 0 Å². The molecule has 0 spiro atoms. The fourth-order valence-corrected chi connectivity index (χ4v) is 7.96. The van der Waals surface area contributed by atoms with Gasteiger partial charge in [-0.05, 0) is 64.7 Å². The summed E-state index contributed by atoms with van der Waals surface area (Å²) in [6, 6.07) is 57.0. The van der Waals surface area contributed by atoms with Crippen molar-refractivity contribution in [1.82, 2.24) is 15.0 Å². The van der Waals surface area contributed by atoms with Gasteiger partial charge in [0.15, 0.2) is 17.5 Å². The number of thiophene rings is 1. The Bertz CT molecular complexity index is 2820. The largest absolute Gasteiger partial charge is 0.456 e. The Kier molecular flexibility index (Phi) is 6.64. The van der Waals surface area contributed by atoms with E-state index >= 15 is 0 Å². The standard InChI is InChI=1S/C45H27N3OS/c1-3-10-28(11-4-1)43-46-44(29-12-5-2-6-13-29)48-45(47-43)34-20-22-36-35-21-18-32(25-39(35)49-40(36)26-34)30-14-9-15-31(24-30)33-19-23-38-37-16-7-8-17-41(37)50-42(38)27-33/h1-27H. The van der Waals surface area contributed by atoms with Crippen molar-refractivity contribution in [3.05, 3.63) is 164 Å². The first-order valence-corrected chi connectivity index (χ1v) is 17.4. The van der Waals surface area contributed by atoms with Crippen LogP contribution in [0.15, 0.2) is 168 Å². The predicted octanol–water partition coefficient (Wildman–Crippen LogP) is 12.5.